The molecule has 1 unspecified atom stereocenters. The molecule has 0 aliphatic carbocycles. The molecular weight excluding hydrogens is 184 g/mol. The van der Waals surface area contributed by atoms with Crippen LogP contribution in [0, 0.1) is 5.92 Å². The third-order valence-electron chi connectivity index (χ3n) is 2.46. The maximum absolute atomic E-state index is 11.4. The summed E-state index contributed by atoms with van der Waals surface area (Å²) in [5, 5.41) is 8.56. The normalized spacial score (nSPS) is 18.9. The molecule has 0 bridgehead atoms. The Labute approximate surface area is 83.0 Å². The Morgan fingerprint density at radius 1 is 1.57 bits per heavy atom. The second kappa shape index (κ2) is 4.41. The smallest absolute Gasteiger partial charge is 0.266 e. The minimum Gasteiger partial charge on any atom is -0.330 e. The molecule has 1 atom stereocenters. The van der Waals surface area contributed by atoms with Crippen LogP contribution >= 0.6 is 0 Å². The molecule has 5 heteroatoms. The van der Waals surface area contributed by atoms with Crippen LogP contribution < -0.4 is 5.48 Å². The van der Waals surface area contributed by atoms with Gasteiger partial charge < -0.3 is 4.90 Å². The van der Waals surface area contributed by atoms with Gasteiger partial charge in [0.05, 0.1) is 0 Å². The highest BCUT2D eigenvalue weighted by Gasteiger charge is 2.34. The Hall–Kier alpha value is -1.10. The Balaban J connectivity index is 2.76. The highest BCUT2D eigenvalue weighted by molar-refractivity contribution is 5.88. The molecule has 1 heterocycles. The molecule has 5 nitrogen and oxygen atoms in total. The predicted octanol–water partition coefficient (Wildman–Crippen LogP) is 0.139. The van der Waals surface area contributed by atoms with Crippen LogP contribution in [0.3, 0.4) is 0 Å². The van der Waals surface area contributed by atoms with Gasteiger partial charge in [0.1, 0.15) is 6.04 Å². The van der Waals surface area contributed by atoms with Crippen molar-refractivity contribution in [2.75, 3.05) is 6.54 Å². The number of carbonyl (C=O) groups excluding carboxylic acids is 2. The van der Waals surface area contributed by atoms with E-state index in [1.807, 2.05) is 13.8 Å². The van der Waals surface area contributed by atoms with E-state index in [0.29, 0.717) is 13.0 Å². The average molecular weight is 200 g/mol. The molecule has 0 aromatic rings. The minimum absolute atomic E-state index is 0.00389. The molecule has 0 radical (unpaired) electrons. The first-order chi connectivity index (χ1) is 6.57. The van der Waals surface area contributed by atoms with Crippen molar-refractivity contribution >= 4 is 11.8 Å². The Morgan fingerprint density at radius 3 is 2.57 bits per heavy atom. The number of amides is 2. The number of nitrogens with zero attached hydrogens (tertiary/aromatic N) is 1. The number of carbonyl (C=O) groups is 2. The first kappa shape index (κ1) is 11.0. The third kappa shape index (κ3) is 2.04. The number of hydrogen-bond donors (Lipinski definition) is 2. The largest absolute Gasteiger partial charge is 0.330 e. The molecule has 2 N–H and O–H groups in total. The van der Waals surface area contributed by atoms with E-state index in [1.165, 1.54) is 4.90 Å². The van der Waals surface area contributed by atoms with Crippen LogP contribution in [-0.2, 0) is 9.59 Å². The third-order valence-corrected chi connectivity index (χ3v) is 2.46. The van der Waals surface area contributed by atoms with Crippen LogP contribution in [0.2, 0.25) is 0 Å². The van der Waals surface area contributed by atoms with Gasteiger partial charge in [0.15, 0.2) is 0 Å². The number of likely N-dealkylation sites (tertiary alicyclic amines) is 1. The summed E-state index contributed by atoms with van der Waals surface area (Å²) in [7, 11) is 0. The first-order valence-electron chi connectivity index (χ1n) is 4.81. The molecule has 1 aliphatic rings. The van der Waals surface area contributed by atoms with Crippen molar-refractivity contribution < 1.29 is 14.8 Å². The summed E-state index contributed by atoms with van der Waals surface area (Å²) in [5.41, 5.74) is 1.61. The van der Waals surface area contributed by atoms with Crippen molar-refractivity contribution in [3.8, 4) is 0 Å². The van der Waals surface area contributed by atoms with E-state index in [2.05, 4.69) is 0 Å². The number of hydrogen-bond acceptors (Lipinski definition) is 3. The van der Waals surface area contributed by atoms with Gasteiger partial charge in [-0.15, -0.1) is 0 Å². The van der Waals surface area contributed by atoms with Crippen molar-refractivity contribution in [3.05, 3.63) is 0 Å². The SMILES string of the molecule is CC(C)C(C(=O)NO)N1CCCC1=O. The summed E-state index contributed by atoms with van der Waals surface area (Å²) in [6.07, 6.45) is 1.29. The monoisotopic (exact) mass is 200 g/mol. The second-order valence-electron chi connectivity index (χ2n) is 3.86. The van der Waals surface area contributed by atoms with Gasteiger partial charge in [-0.05, 0) is 12.3 Å². The summed E-state index contributed by atoms with van der Waals surface area (Å²) in [6.45, 7) is 4.31. The van der Waals surface area contributed by atoms with Gasteiger partial charge in [-0.1, -0.05) is 13.8 Å². The molecule has 0 aromatic carbocycles. The lowest BCUT2D eigenvalue weighted by atomic mass is 10.0. The van der Waals surface area contributed by atoms with Crippen LogP contribution in [0.1, 0.15) is 26.7 Å². The zero-order valence-electron chi connectivity index (χ0n) is 8.49. The Morgan fingerprint density at radius 2 is 2.21 bits per heavy atom. The molecule has 1 rings (SSSR count). The fourth-order valence-corrected chi connectivity index (χ4v) is 1.83. The van der Waals surface area contributed by atoms with E-state index in [-0.39, 0.29) is 11.8 Å². The topological polar surface area (TPSA) is 69.6 Å². The summed E-state index contributed by atoms with van der Waals surface area (Å²) in [5.74, 6) is -0.508. The molecule has 1 saturated heterocycles. The molecule has 0 saturated carbocycles. The van der Waals surface area contributed by atoms with E-state index >= 15 is 0 Å². The lowest BCUT2D eigenvalue weighted by Crippen LogP contribution is -2.49. The number of hydroxylamine groups is 1. The van der Waals surface area contributed by atoms with Gasteiger partial charge >= 0.3 is 0 Å². The zero-order chi connectivity index (χ0) is 10.7. The van der Waals surface area contributed by atoms with E-state index in [0.717, 1.165) is 6.42 Å². The van der Waals surface area contributed by atoms with Crippen LogP contribution in [0.25, 0.3) is 0 Å². The molecule has 1 aliphatic heterocycles. The maximum atomic E-state index is 11.4. The van der Waals surface area contributed by atoms with E-state index in [9.17, 15) is 9.59 Å². The molecule has 14 heavy (non-hydrogen) atoms. The maximum Gasteiger partial charge on any atom is 0.266 e. The summed E-state index contributed by atoms with van der Waals surface area (Å²) >= 11 is 0. The fourth-order valence-electron chi connectivity index (χ4n) is 1.83. The van der Waals surface area contributed by atoms with Crippen LogP contribution in [0.5, 0.6) is 0 Å². The van der Waals surface area contributed by atoms with Crippen LogP contribution in [0.4, 0.5) is 0 Å². The summed E-state index contributed by atoms with van der Waals surface area (Å²) < 4.78 is 0. The average Bonchev–Trinajstić information content (AvgIpc) is 2.52. The first-order valence-corrected chi connectivity index (χ1v) is 4.81. The van der Waals surface area contributed by atoms with Gasteiger partial charge in [0, 0.05) is 13.0 Å². The lowest BCUT2D eigenvalue weighted by Gasteiger charge is -2.28. The highest BCUT2D eigenvalue weighted by atomic mass is 16.5. The molecule has 2 amide bonds. The van der Waals surface area contributed by atoms with Crippen molar-refractivity contribution in [3.63, 3.8) is 0 Å². The van der Waals surface area contributed by atoms with E-state index in [1.54, 1.807) is 5.48 Å². The molecular formula is C9H16N2O3. The highest BCUT2D eigenvalue weighted by Crippen LogP contribution is 2.18. The van der Waals surface area contributed by atoms with Gasteiger partial charge in [0.25, 0.3) is 5.91 Å². The Kier molecular flexibility index (Phi) is 3.46. The van der Waals surface area contributed by atoms with Crippen molar-refractivity contribution in [2.24, 2.45) is 5.92 Å². The Bertz CT molecular complexity index is 240. The molecule has 0 spiro atoms. The van der Waals surface area contributed by atoms with Crippen LogP contribution in [-0.4, -0.2) is 34.5 Å². The molecule has 0 aromatic heterocycles. The summed E-state index contributed by atoms with van der Waals surface area (Å²) in [6, 6.07) is -0.546. The zero-order valence-corrected chi connectivity index (χ0v) is 8.49. The number of rotatable bonds is 3. The van der Waals surface area contributed by atoms with Gasteiger partial charge in [-0.2, -0.15) is 0 Å². The fraction of sp³-hybridized carbons (Fsp3) is 0.778. The molecule has 80 valence electrons. The quantitative estimate of drug-likeness (QED) is 0.503. The standard InChI is InChI=1S/C9H16N2O3/c1-6(2)8(9(13)10-14)11-5-3-4-7(11)12/h6,8,14H,3-5H2,1-2H3,(H,10,13). The predicted molar refractivity (Wildman–Crippen MR) is 49.5 cm³/mol. The van der Waals surface area contributed by atoms with Gasteiger partial charge in [-0.3, -0.25) is 14.8 Å². The van der Waals surface area contributed by atoms with Crippen molar-refractivity contribution in [2.45, 2.75) is 32.7 Å². The lowest BCUT2D eigenvalue weighted by molar-refractivity contribution is -0.143. The number of nitrogens with one attached hydrogen (secondary N) is 1. The van der Waals surface area contributed by atoms with Crippen molar-refractivity contribution in [1.82, 2.24) is 10.4 Å². The van der Waals surface area contributed by atoms with Crippen LogP contribution in [0.15, 0.2) is 0 Å². The molecule has 1 fully saturated rings. The van der Waals surface area contributed by atoms with Gasteiger partial charge in [0.2, 0.25) is 5.91 Å². The minimum atomic E-state index is -0.546. The summed E-state index contributed by atoms with van der Waals surface area (Å²) in [4.78, 5) is 24.3. The second-order valence-corrected chi connectivity index (χ2v) is 3.86. The van der Waals surface area contributed by atoms with Crippen molar-refractivity contribution in [1.29, 1.82) is 0 Å². The van der Waals surface area contributed by atoms with E-state index in [4.69, 9.17) is 5.21 Å². The van der Waals surface area contributed by atoms with Gasteiger partial charge in [-0.25, -0.2) is 5.48 Å². The van der Waals surface area contributed by atoms with E-state index < -0.39 is 11.9 Å².